The smallest absolute Gasteiger partial charge is 0.235 e. The molecule has 3 heterocycles. The molecule has 0 atom stereocenters. The van der Waals surface area contributed by atoms with Crippen molar-refractivity contribution in [3.05, 3.63) is 47.7 Å². The molecule has 9 nitrogen and oxygen atoms in total. The third-order valence-electron chi connectivity index (χ3n) is 6.02. The normalized spacial score (nSPS) is 14.1. The van der Waals surface area contributed by atoms with E-state index in [-0.39, 0.29) is 11.7 Å². The molecular formula is C24H30F2N8O. The summed E-state index contributed by atoms with van der Waals surface area (Å²) < 4.78 is 34.0. The summed E-state index contributed by atoms with van der Waals surface area (Å²) in [6.45, 7) is 8.96. The van der Waals surface area contributed by atoms with E-state index in [1.165, 1.54) is 13.2 Å². The van der Waals surface area contributed by atoms with Crippen molar-refractivity contribution in [2.24, 2.45) is 0 Å². The molecule has 0 bridgehead atoms. The van der Waals surface area contributed by atoms with Gasteiger partial charge < -0.3 is 25.2 Å². The second kappa shape index (κ2) is 9.47. The van der Waals surface area contributed by atoms with Gasteiger partial charge in [0.15, 0.2) is 11.6 Å². The zero-order valence-electron chi connectivity index (χ0n) is 20.7. The highest BCUT2D eigenvalue weighted by molar-refractivity contribution is 5.76. The molecule has 0 fully saturated rings. The number of hydrogen-bond donors (Lipinski definition) is 2. The Labute approximate surface area is 203 Å². The van der Waals surface area contributed by atoms with E-state index < -0.39 is 17.0 Å². The number of nitrogens with one attached hydrogen (secondary N) is 2. The van der Waals surface area contributed by atoms with Crippen LogP contribution < -0.4 is 25.2 Å². The molecule has 1 aromatic carbocycles. The fraction of sp³-hybridized carbons (Fsp3) is 0.417. The fourth-order valence-electron chi connectivity index (χ4n) is 4.30. The molecule has 0 spiro atoms. The minimum atomic E-state index is -0.902. The second-order valence-corrected chi connectivity index (χ2v) is 9.24. The van der Waals surface area contributed by atoms with Crippen molar-refractivity contribution in [2.75, 3.05) is 47.8 Å². The lowest BCUT2D eigenvalue weighted by Gasteiger charge is -2.29. The lowest BCUT2D eigenvalue weighted by molar-refractivity contribution is 0.392. The first kappa shape index (κ1) is 24.4. The summed E-state index contributed by atoms with van der Waals surface area (Å²) in [5, 5.41) is 14.4. The van der Waals surface area contributed by atoms with Gasteiger partial charge >= 0.3 is 0 Å². The molecule has 2 N–H and O–H groups in total. The van der Waals surface area contributed by atoms with Gasteiger partial charge in [0, 0.05) is 36.7 Å². The number of nitrogens with zero attached hydrogens (tertiary/aromatic N) is 6. The maximum Gasteiger partial charge on any atom is 0.235 e. The molecule has 35 heavy (non-hydrogen) atoms. The summed E-state index contributed by atoms with van der Waals surface area (Å²) >= 11 is 0. The number of halogens is 2. The highest BCUT2D eigenvalue weighted by Gasteiger charge is 2.41. The van der Waals surface area contributed by atoms with Crippen LogP contribution in [-0.4, -0.2) is 53.6 Å². The first-order valence-electron chi connectivity index (χ1n) is 11.3. The Morgan fingerprint density at radius 2 is 2.00 bits per heavy atom. The van der Waals surface area contributed by atoms with E-state index in [1.807, 2.05) is 27.7 Å². The predicted octanol–water partition coefficient (Wildman–Crippen LogP) is 4.31. The minimum absolute atomic E-state index is 0.117. The SMILES string of the molecule is CNc1nc(NCN(c2cnnc(OC)c2)C(C)C)nc2c1C(C)(C)CN2c1cccc(F)c1F. The van der Waals surface area contributed by atoms with Gasteiger partial charge in [-0.05, 0) is 26.0 Å². The van der Waals surface area contributed by atoms with Gasteiger partial charge in [-0.2, -0.15) is 15.1 Å². The number of benzene rings is 1. The number of ether oxygens (including phenoxy) is 1. The summed E-state index contributed by atoms with van der Waals surface area (Å²) in [5.41, 5.74) is 1.41. The molecule has 1 aliphatic heterocycles. The maximum atomic E-state index is 14.8. The highest BCUT2D eigenvalue weighted by Crippen LogP contribution is 2.47. The van der Waals surface area contributed by atoms with Crippen molar-refractivity contribution in [1.82, 2.24) is 20.2 Å². The molecule has 0 aliphatic carbocycles. The van der Waals surface area contributed by atoms with Gasteiger partial charge in [0.1, 0.15) is 11.6 Å². The Morgan fingerprint density at radius 3 is 2.69 bits per heavy atom. The maximum absolute atomic E-state index is 14.8. The molecule has 186 valence electrons. The standard InChI is InChI=1S/C24H30F2N8O/c1-14(2)34(15-10-18(35-6)32-29-11-15)13-28-23-30-21(27-5)19-22(31-23)33(12-24(19,3)4)17-9-7-8-16(25)20(17)26/h7-11,14H,12-13H2,1-6H3,(H2,27,28,30,31). The number of fused-ring (bicyclic) bond motifs is 1. The van der Waals surface area contributed by atoms with Crippen LogP contribution in [0.15, 0.2) is 30.5 Å². The Balaban J connectivity index is 1.70. The summed E-state index contributed by atoms with van der Waals surface area (Å²) in [6.07, 6.45) is 1.66. The number of aromatic nitrogens is 4. The fourth-order valence-corrected chi connectivity index (χ4v) is 4.30. The lowest BCUT2D eigenvalue weighted by Crippen LogP contribution is -2.36. The van der Waals surface area contributed by atoms with Gasteiger partial charge in [-0.15, -0.1) is 5.10 Å². The zero-order valence-corrected chi connectivity index (χ0v) is 20.7. The van der Waals surface area contributed by atoms with Crippen LogP contribution in [0, 0.1) is 11.6 Å². The van der Waals surface area contributed by atoms with Crippen molar-refractivity contribution in [2.45, 2.75) is 39.2 Å². The predicted molar refractivity (Wildman–Crippen MR) is 133 cm³/mol. The van der Waals surface area contributed by atoms with Crippen LogP contribution in [-0.2, 0) is 5.41 Å². The van der Waals surface area contributed by atoms with Crippen molar-refractivity contribution in [1.29, 1.82) is 0 Å². The topological polar surface area (TPSA) is 91.3 Å². The van der Waals surface area contributed by atoms with E-state index in [0.717, 1.165) is 17.3 Å². The van der Waals surface area contributed by atoms with E-state index >= 15 is 0 Å². The molecule has 0 saturated heterocycles. The van der Waals surface area contributed by atoms with Gasteiger partial charge in [-0.1, -0.05) is 19.9 Å². The van der Waals surface area contributed by atoms with Crippen LogP contribution >= 0.6 is 0 Å². The van der Waals surface area contributed by atoms with Crippen molar-refractivity contribution < 1.29 is 13.5 Å². The molecule has 0 saturated carbocycles. The van der Waals surface area contributed by atoms with Crippen LogP contribution in [0.3, 0.4) is 0 Å². The molecule has 1 aliphatic rings. The largest absolute Gasteiger partial charge is 0.480 e. The third kappa shape index (κ3) is 4.62. The van der Waals surface area contributed by atoms with Crippen LogP contribution in [0.5, 0.6) is 5.88 Å². The van der Waals surface area contributed by atoms with Crippen molar-refractivity contribution >= 4 is 29.0 Å². The Kier molecular flexibility index (Phi) is 6.60. The quantitative estimate of drug-likeness (QED) is 0.454. The van der Waals surface area contributed by atoms with Gasteiger partial charge in [0.25, 0.3) is 0 Å². The lowest BCUT2D eigenvalue weighted by atomic mass is 9.88. The summed E-state index contributed by atoms with van der Waals surface area (Å²) in [6, 6.07) is 6.08. The Bertz CT molecular complexity index is 1220. The number of methoxy groups -OCH3 is 1. The molecule has 11 heteroatoms. The number of anilines is 5. The Morgan fingerprint density at radius 1 is 1.23 bits per heavy atom. The van der Waals surface area contributed by atoms with E-state index in [2.05, 4.69) is 30.7 Å². The van der Waals surface area contributed by atoms with Crippen LogP contribution in [0.25, 0.3) is 0 Å². The molecule has 0 amide bonds. The molecular weight excluding hydrogens is 454 g/mol. The Hall–Kier alpha value is -3.76. The van der Waals surface area contributed by atoms with Gasteiger partial charge in [0.05, 0.1) is 31.4 Å². The van der Waals surface area contributed by atoms with Gasteiger partial charge in [-0.25, -0.2) is 8.78 Å². The monoisotopic (exact) mass is 484 g/mol. The zero-order chi connectivity index (χ0) is 25.3. The summed E-state index contributed by atoms with van der Waals surface area (Å²) in [7, 11) is 3.32. The van der Waals surface area contributed by atoms with Crippen molar-refractivity contribution in [3.63, 3.8) is 0 Å². The van der Waals surface area contributed by atoms with Crippen LogP contribution in [0.2, 0.25) is 0 Å². The van der Waals surface area contributed by atoms with E-state index in [4.69, 9.17) is 9.72 Å². The van der Waals surface area contributed by atoms with Gasteiger partial charge in [0.2, 0.25) is 11.8 Å². The van der Waals surface area contributed by atoms with Crippen molar-refractivity contribution in [3.8, 4) is 5.88 Å². The molecule has 0 radical (unpaired) electrons. The van der Waals surface area contributed by atoms with Crippen LogP contribution in [0.4, 0.5) is 37.7 Å². The summed E-state index contributed by atoms with van der Waals surface area (Å²) in [5.74, 6) is 0.126. The molecule has 3 aromatic rings. The van der Waals surface area contributed by atoms with Gasteiger partial charge in [-0.3, -0.25) is 0 Å². The number of hydrogen-bond acceptors (Lipinski definition) is 9. The first-order valence-corrected chi connectivity index (χ1v) is 11.3. The van der Waals surface area contributed by atoms with E-state index in [1.54, 1.807) is 30.3 Å². The first-order chi connectivity index (χ1) is 16.7. The van der Waals surface area contributed by atoms with E-state index in [9.17, 15) is 8.78 Å². The average Bonchev–Trinajstić information content (AvgIpc) is 3.11. The molecule has 0 unspecified atom stereocenters. The average molecular weight is 485 g/mol. The minimum Gasteiger partial charge on any atom is -0.480 e. The third-order valence-corrected chi connectivity index (χ3v) is 6.02. The summed E-state index contributed by atoms with van der Waals surface area (Å²) in [4.78, 5) is 13.2. The highest BCUT2D eigenvalue weighted by atomic mass is 19.2. The van der Waals surface area contributed by atoms with E-state index in [0.29, 0.717) is 36.7 Å². The number of rotatable bonds is 8. The van der Waals surface area contributed by atoms with Crippen LogP contribution in [0.1, 0.15) is 33.3 Å². The second-order valence-electron chi connectivity index (χ2n) is 9.24. The molecule has 4 rings (SSSR count). The molecule has 2 aromatic heterocycles.